The van der Waals surface area contributed by atoms with E-state index < -0.39 is 6.10 Å². The van der Waals surface area contributed by atoms with Gasteiger partial charge in [0.15, 0.2) is 0 Å². The molecule has 0 radical (unpaired) electrons. The molecule has 3 aromatic rings. The third-order valence-electron chi connectivity index (χ3n) is 3.34. The Morgan fingerprint density at radius 1 is 1.00 bits per heavy atom. The zero-order valence-corrected chi connectivity index (χ0v) is 11.2. The van der Waals surface area contributed by atoms with Crippen LogP contribution >= 0.6 is 0 Å². The summed E-state index contributed by atoms with van der Waals surface area (Å²) < 4.78 is 5.18. The van der Waals surface area contributed by atoms with E-state index >= 15 is 0 Å². The molecule has 1 atom stereocenters. The van der Waals surface area contributed by atoms with Gasteiger partial charge in [0.25, 0.3) is 0 Å². The molecule has 1 aromatic heterocycles. The molecule has 1 unspecified atom stereocenters. The summed E-state index contributed by atoms with van der Waals surface area (Å²) in [6.45, 7) is 0. The average molecular weight is 265 g/mol. The Labute approximate surface area is 117 Å². The Morgan fingerprint density at radius 2 is 1.85 bits per heavy atom. The molecule has 3 heteroatoms. The second-order valence-corrected chi connectivity index (χ2v) is 4.64. The minimum Gasteiger partial charge on any atom is -0.497 e. The molecule has 100 valence electrons. The predicted molar refractivity (Wildman–Crippen MR) is 78.8 cm³/mol. The van der Waals surface area contributed by atoms with Crippen molar-refractivity contribution in [2.75, 3.05) is 7.11 Å². The smallest absolute Gasteiger partial charge is 0.119 e. The highest BCUT2D eigenvalue weighted by Gasteiger charge is 2.12. The van der Waals surface area contributed by atoms with Gasteiger partial charge in [0, 0.05) is 17.1 Å². The number of fused-ring (bicyclic) bond motifs is 1. The predicted octanol–water partition coefficient (Wildman–Crippen LogP) is 3.33. The highest BCUT2D eigenvalue weighted by Crippen LogP contribution is 2.26. The number of aliphatic hydroxyl groups excluding tert-OH is 1. The van der Waals surface area contributed by atoms with E-state index in [1.165, 1.54) is 0 Å². The molecule has 0 bridgehead atoms. The number of nitrogens with zero attached hydrogens (tertiary/aromatic N) is 1. The van der Waals surface area contributed by atoms with E-state index in [0.29, 0.717) is 0 Å². The SMILES string of the molecule is COc1cccc(C(O)c2cnc3ccccc3c2)c1. The lowest BCUT2D eigenvalue weighted by Crippen LogP contribution is -2.00. The molecule has 0 saturated heterocycles. The Morgan fingerprint density at radius 3 is 2.70 bits per heavy atom. The lowest BCUT2D eigenvalue weighted by molar-refractivity contribution is 0.219. The average Bonchev–Trinajstić information content (AvgIpc) is 2.53. The number of methoxy groups -OCH3 is 1. The summed E-state index contributed by atoms with van der Waals surface area (Å²) in [5.74, 6) is 0.732. The quantitative estimate of drug-likeness (QED) is 0.790. The van der Waals surface area contributed by atoms with E-state index in [1.54, 1.807) is 13.3 Å². The van der Waals surface area contributed by atoms with Crippen LogP contribution < -0.4 is 4.74 Å². The van der Waals surface area contributed by atoms with Crippen LogP contribution in [0.15, 0.2) is 60.8 Å². The van der Waals surface area contributed by atoms with E-state index in [4.69, 9.17) is 4.74 Å². The number of hydrogen-bond donors (Lipinski definition) is 1. The van der Waals surface area contributed by atoms with E-state index in [-0.39, 0.29) is 0 Å². The van der Waals surface area contributed by atoms with Gasteiger partial charge in [-0.3, -0.25) is 4.98 Å². The van der Waals surface area contributed by atoms with Gasteiger partial charge in [-0.2, -0.15) is 0 Å². The van der Waals surface area contributed by atoms with E-state index in [9.17, 15) is 5.11 Å². The first-order chi connectivity index (χ1) is 9.78. The standard InChI is InChI=1S/C17H15NO2/c1-20-15-7-4-6-13(10-15)17(19)14-9-12-5-2-3-8-16(12)18-11-14/h2-11,17,19H,1H3. The second kappa shape index (κ2) is 5.31. The van der Waals surface area contributed by atoms with Crippen LogP contribution in [0.2, 0.25) is 0 Å². The normalized spacial score (nSPS) is 12.3. The summed E-state index contributed by atoms with van der Waals surface area (Å²) in [4.78, 5) is 4.38. The summed E-state index contributed by atoms with van der Waals surface area (Å²) in [5, 5.41) is 11.5. The lowest BCUT2D eigenvalue weighted by atomic mass is 10.0. The molecule has 1 heterocycles. The first-order valence-corrected chi connectivity index (χ1v) is 6.44. The molecule has 0 aliphatic heterocycles. The zero-order chi connectivity index (χ0) is 13.9. The Kier molecular flexibility index (Phi) is 3.35. The fourth-order valence-corrected chi connectivity index (χ4v) is 2.24. The molecular weight excluding hydrogens is 250 g/mol. The molecule has 3 nitrogen and oxygen atoms in total. The molecule has 0 aliphatic rings. The molecule has 0 amide bonds. The molecule has 0 spiro atoms. The highest BCUT2D eigenvalue weighted by molar-refractivity contribution is 5.78. The second-order valence-electron chi connectivity index (χ2n) is 4.64. The molecule has 0 saturated carbocycles. The first-order valence-electron chi connectivity index (χ1n) is 6.44. The molecule has 3 rings (SSSR count). The van der Waals surface area contributed by atoms with Gasteiger partial charge in [0.2, 0.25) is 0 Å². The number of aromatic nitrogens is 1. The number of benzene rings is 2. The van der Waals surface area contributed by atoms with Gasteiger partial charge in [-0.1, -0.05) is 30.3 Å². The summed E-state index contributed by atoms with van der Waals surface area (Å²) in [5.41, 5.74) is 2.49. The molecule has 2 aromatic carbocycles. The van der Waals surface area contributed by atoms with Crippen molar-refractivity contribution in [2.24, 2.45) is 0 Å². The van der Waals surface area contributed by atoms with Gasteiger partial charge in [0.1, 0.15) is 11.9 Å². The first kappa shape index (κ1) is 12.6. The Bertz CT molecular complexity index is 740. The van der Waals surface area contributed by atoms with Gasteiger partial charge in [-0.05, 0) is 29.8 Å². The van der Waals surface area contributed by atoms with Crippen molar-refractivity contribution in [1.29, 1.82) is 0 Å². The van der Waals surface area contributed by atoms with Crippen LogP contribution in [-0.2, 0) is 0 Å². The van der Waals surface area contributed by atoms with Crippen LogP contribution in [0.1, 0.15) is 17.2 Å². The summed E-state index contributed by atoms with van der Waals surface area (Å²) in [6, 6.07) is 17.3. The minimum atomic E-state index is -0.706. The fourth-order valence-electron chi connectivity index (χ4n) is 2.24. The fraction of sp³-hybridized carbons (Fsp3) is 0.118. The maximum absolute atomic E-state index is 10.5. The Hall–Kier alpha value is -2.39. The van der Waals surface area contributed by atoms with Crippen LogP contribution in [0.4, 0.5) is 0 Å². The van der Waals surface area contributed by atoms with Gasteiger partial charge in [-0.15, -0.1) is 0 Å². The number of ether oxygens (including phenoxy) is 1. The monoisotopic (exact) mass is 265 g/mol. The van der Waals surface area contributed by atoms with Crippen molar-refractivity contribution in [2.45, 2.75) is 6.10 Å². The largest absolute Gasteiger partial charge is 0.497 e. The summed E-state index contributed by atoms with van der Waals surface area (Å²) in [7, 11) is 1.61. The van der Waals surface area contributed by atoms with E-state index in [2.05, 4.69) is 4.98 Å². The lowest BCUT2D eigenvalue weighted by Gasteiger charge is -2.13. The third kappa shape index (κ3) is 2.36. The molecular formula is C17H15NO2. The number of para-hydroxylation sites is 1. The van der Waals surface area contributed by atoms with Crippen LogP contribution in [-0.4, -0.2) is 17.2 Å². The maximum atomic E-state index is 10.5. The summed E-state index contributed by atoms with van der Waals surface area (Å²) in [6.07, 6.45) is 1.01. The molecule has 1 N–H and O–H groups in total. The van der Waals surface area contributed by atoms with Crippen molar-refractivity contribution in [3.8, 4) is 5.75 Å². The number of pyridine rings is 1. The molecule has 0 aliphatic carbocycles. The number of hydrogen-bond acceptors (Lipinski definition) is 3. The Balaban J connectivity index is 2.00. The zero-order valence-electron chi connectivity index (χ0n) is 11.2. The van der Waals surface area contributed by atoms with Crippen molar-refractivity contribution >= 4 is 10.9 Å². The van der Waals surface area contributed by atoms with Crippen LogP contribution in [0.3, 0.4) is 0 Å². The van der Waals surface area contributed by atoms with Gasteiger partial charge in [-0.25, -0.2) is 0 Å². The van der Waals surface area contributed by atoms with Gasteiger partial charge >= 0.3 is 0 Å². The van der Waals surface area contributed by atoms with Crippen LogP contribution in [0.25, 0.3) is 10.9 Å². The van der Waals surface area contributed by atoms with Crippen molar-refractivity contribution in [3.63, 3.8) is 0 Å². The highest BCUT2D eigenvalue weighted by atomic mass is 16.5. The minimum absolute atomic E-state index is 0.706. The summed E-state index contributed by atoms with van der Waals surface area (Å²) >= 11 is 0. The van der Waals surface area contributed by atoms with Crippen LogP contribution in [0.5, 0.6) is 5.75 Å². The topological polar surface area (TPSA) is 42.4 Å². The number of aliphatic hydroxyl groups is 1. The van der Waals surface area contributed by atoms with E-state index in [1.807, 2.05) is 54.6 Å². The van der Waals surface area contributed by atoms with Gasteiger partial charge in [0.05, 0.1) is 12.6 Å². The maximum Gasteiger partial charge on any atom is 0.119 e. The van der Waals surface area contributed by atoms with Crippen molar-refractivity contribution < 1.29 is 9.84 Å². The van der Waals surface area contributed by atoms with Crippen molar-refractivity contribution in [1.82, 2.24) is 4.98 Å². The number of rotatable bonds is 3. The van der Waals surface area contributed by atoms with Gasteiger partial charge < -0.3 is 9.84 Å². The molecule has 20 heavy (non-hydrogen) atoms. The van der Waals surface area contributed by atoms with Crippen LogP contribution in [0, 0.1) is 0 Å². The van der Waals surface area contributed by atoms with Crippen molar-refractivity contribution in [3.05, 3.63) is 71.9 Å². The third-order valence-corrected chi connectivity index (χ3v) is 3.34. The molecule has 0 fully saturated rings. The van der Waals surface area contributed by atoms with E-state index in [0.717, 1.165) is 27.8 Å².